The maximum absolute atomic E-state index is 4.37. The van der Waals surface area contributed by atoms with Crippen molar-refractivity contribution in [3.05, 3.63) is 66.3 Å². The van der Waals surface area contributed by atoms with E-state index in [-0.39, 0.29) is 24.0 Å². The summed E-state index contributed by atoms with van der Waals surface area (Å²) >= 11 is 0. The second-order valence-corrected chi connectivity index (χ2v) is 6.18. The Hall–Kier alpha value is -1.83. The smallest absolute Gasteiger partial charge is 0.193 e. The Morgan fingerprint density at radius 3 is 2.81 bits per heavy atom. The van der Waals surface area contributed by atoms with Crippen molar-refractivity contribution in [3.63, 3.8) is 0 Å². The predicted octanol–water partition coefficient (Wildman–Crippen LogP) is 3.83. The zero-order valence-corrected chi connectivity index (χ0v) is 18.3. The van der Waals surface area contributed by atoms with Crippen molar-refractivity contribution in [2.24, 2.45) is 4.99 Å². The molecule has 0 spiro atoms. The normalized spacial score (nSPS) is 11.0. The molecule has 0 aliphatic heterocycles. The standard InChI is InChI=1S/C20H29N5.HI/c1-5-6-7-12-24(4)20(21-3)23-15-18-9-8-10-19(14-18)16-25-13-11-22-17(25)2;/h5,8-11,13-14H,1,6-7,12,15-16H2,2-4H3,(H,21,23);1H. The van der Waals surface area contributed by atoms with Crippen LogP contribution in [-0.2, 0) is 13.1 Å². The van der Waals surface area contributed by atoms with Crippen LogP contribution in [0, 0.1) is 6.92 Å². The van der Waals surface area contributed by atoms with Crippen molar-refractivity contribution < 1.29 is 0 Å². The van der Waals surface area contributed by atoms with Crippen molar-refractivity contribution in [2.75, 3.05) is 20.6 Å². The van der Waals surface area contributed by atoms with Gasteiger partial charge in [-0.3, -0.25) is 4.99 Å². The fraction of sp³-hybridized carbons (Fsp3) is 0.400. The van der Waals surface area contributed by atoms with Crippen LogP contribution in [0.5, 0.6) is 0 Å². The molecule has 1 heterocycles. The van der Waals surface area contributed by atoms with Crippen LogP contribution in [0.3, 0.4) is 0 Å². The maximum atomic E-state index is 4.37. The largest absolute Gasteiger partial charge is 0.352 e. The van der Waals surface area contributed by atoms with Gasteiger partial charge in [0.2, 0.25) is 0 Å². The number of aromatic nitrogens is 2. The lowest BCUT2D eigenvalue weighted by Crippen LogP contribution is -2.38. The van der Waals surface area contributed by atoms with Gasteiger partial charge in [0.05, 0.1) is 0 Å². The lowest BCUT2D eigenvalue weighted by molar-refractivity contribution is 0.470. The molecule has 6 heteroatoms. The molecule has 0 amide bonds. The van der Waals surface area contributed by atoms with Gasteiger partial charge < -0.3 is 14.8 Å². The first-order valence-electron chi connectivity index (χ1n) is 8.72. The lowest BCUT2D eigenvalue weighted by Gasteiger charge is -2.22. The van der Waals surface area contributed by atoms with Crippen LogP contribution in [0.25, 0.3) is 0 Å². The zero-order chi connectivity index (χ0) is 18.1. The molecule has 142 valence electrons. The molecule has 0 radical (unpaired) electrons. The van der Waals surface area contributed by atoms with Gasteiger partial charge in [-0.25, -0.2) is 4.98 Å². The summed E-state index contributed by atoms with van der Waals surface area (Å²) in [5, 5.41) is 3.44. The van der Waals surface area contributed by atoms with Gasteiger partial charge in [-0.2, -0.15) is 0 Å². The van der Waals surface area contributed by atoms with Gasteiger partial charge in [0.25, 0.3) is 0 Å². The van der Waals surface area contributed by atoms with E-state index in [1.165, 1.54) is 11.1 Å². The van der Waals surface area contributed by atoms with Crippen LogP contribution in [0.4, 0.5) is 0 Å². The number of hydrogen-bond donors (Lipinski definition) is 1. The molecule has 0 saturated carbocycles. The molecule has 2 aromatic rings. The summed E-state index contributed by atoms with van der Waals surface area (Å²) in [4.78, 5) is 10.8. The number of nitrogens with zero attached hydrogens (tertiary/aromatic N) is 4. The first-order valence-corrected chi connectivity index (χ1v) is 8.72. The predicted molar refractivity (Wildman–Crippen MR) is 120 cm³/mol. The van der Waals surface area contributed by atoms with Crippen molar-refractivity contribution in [1.82, 2.24) is 19.8 Å². The summed E-state index contributed by atoms with van der Waals surface area (Å²) in [7, 11) is 3.89. The molecule has 0 bridgehead atoms. The number of benzene rings is 1. The number of unbranched alkanes of at least 4 members (excludes halogenated alkanes) is 1. The molecule has 5 nitrogen and oxygen atoms in total. The highest BCUT2D eigenvalue weighted by molar-refractivity contribution is 14.0. The van der Waals surface area contributed by atoms with E-state index in [0.717, 1.165) is 44.3 Å². The number of allylic oxidation sites excluding steroid dienone is 1. The fourth-order valence-corrected chi connectivity index (χ4v) is 2.75. The number of imidazole rings is 1. The number of aliphatic imine (C=N–C) groups is 1. The second-order valence-electron chi connectivity index (χ2n) is 6.18. The summed E-state index contributed by atoms with van der Waals surface area (Å²) in [6.45, 7) is 8.36. The number of hydrogen-bond acceptors (Lipinski definition) is 2. The van der Waals surface area contributed by atoms with E-state index in [9.17, 15) is 0 Å². The van der Waals surface area contributed by atoms with E-state index in [0.29, 0.717) is 0 Å². The Morgan fingerprint density at radius 1 is 1.38 bits per heavy atom. The SMILES string of the molecule is C=CCCCN(C)C(=NC)NCc1cccc(Cn2ccnc2C)c1.I. The fourth-order valence-electron chi connectivity index (χ4n) is 2.75. The first-order chi connectivity index (χ1) is 12.1. The van der Waals surface area contributed by atoms with Crippen molar-refractivity contribution >= 4 is 29.9 Å². The Balaban J connectivity index is 0.00000338. The van der Waals surface area contributed by atoms with Crippen molar-refractivity contribution in [3.8, 4) is 0 Å². The Morgan fingerprint density at radius 2 is 2.15 bits per heavy atom. The molecule has 1 aromatic heterocycles. The molecule has 0 saturated heterocycles. The minimum Gasteiger partial charge on any atom is -0.352 e. The molecule has 1 aromatic carbocycles. The van der Waals surface area contributed by atoms with E-state index in [2.05, 4.69) is 62.7 Å². The third kappa shape index (κ3) is 6.82. The van der Waals surface area contributed by atoms with Crippen LogP contribution in [-0.4, -0.2) is 41.1 Å². The summed E-state index contributed by atoms with van der Waals surface area (Å²) in [5.74, 6) is 1.95. The van der Waals surface area contributed by atoms with Crippen LogP contribution in [0.2, 0.25) is 0 Å². The quantitative estimate of drug-likeness (QED) is 0.211. The molecule has 0 aliphatic carbocycles. The topological polar surface area (TPSA) is 45.5 Å². The molecule has 0 atom stereocenters. The Bertz CT molecular complexity index is 708. The van der Waals surface area contributed by atoms with E-state index in [4.69, 9.17) is 0 Å². The summed E-state index contributed by atoms with van der Waals surface area (Å²) in [5.41, 5.74) is 2.52. The summed E-state index contributed by atoms with van der Waals surface area (Å²) in [6.07, 6.45) is 7.92. The highest BCUT2D eigenvalue weighted by Crippen LogP contribution is 2.09. The van der Waals surface area contributed by atoms with Crippen LogP contribution >= 0.6 is 24.0 Å². The second kappa shape index (κ2) is 11.7. The average molecular weight is 467 g/mol. The third-order valence-corrected chi connectivity index (χ3v) is 4.19. The summed E-state index contributed by atoms with van der Waals surface area (Å²) in [6, 6.07) is 8.63. The lowest BCUT2D eigenvalue weighted by atomic mass is 10.1. The van der Waals surface area contributed by atoms with Crippen LogP contribution in [0.15, 0.2) is 54.3 Å². The number of rotatable bonds is 8. The molecular formula is C20H30IN5. The van der Waals surface area contributed by atoms with Gasteiger partial charge in [0.1, 0.15) is 5.82 Å². The van der Waals surface area contributed by atoms with Crippen LogP contribution < -0.4 is 5.32 Å². The highest BCUT2D eigenvalue weighted by Gasteiger charge is 2.06. The number of nitrogens with one attached hydrogen (secondary N) is 1. The van der Waals surface area contributed by atoms with E-state index in [1.807, 2.05) is 32.4 Å². The van der Waals surface area contributed by atoms with E-state index >= 15 is 0 Å². The maximum Gasteiger partial charge on any atom is 0.193 e. The molecule has 2 rings (SSSR count). The molecule has 1 N–H and O–H groups in total. The van der Waals surface area contributed by atoms with E-state index in [1.54, 1.807) is 0 Å². The molecule has 0 fully saturated rings. The minimum atomic E-state index is 0. The Labute approximate surface area is 174 Å². The zero-order valence-electron chi connectivity index (χ0n) is 16.0. The van der Waals surface area contributed by atoms with Gasteiger partial charge >= 0.3 is 0 Å². The molecule has 0 unspecified atom stereocenters. The first kappa shape index (κ1) is 22.2. The van der Waals surface area contributed by atoms with Gasteiger partial charge in [-0.15, -0.1) is 30.6 Å². The number of aryl methyl sites for hydroxylation is 1. The number of halogens is 1. The van der Waals surface area contributed by atoms with Gasteiger partial charge in [-0.1, -0.05) is 30.3 Å². The minimum absolute atomic E-state index is 0. The highest BCUT2D eigenvalue weighted by atomic mass is 127. The third-order valence-electron chi connectivity index (χ3n) is 4.19. The van der Waals surface area contributed by atoms with Gasteiger partial charge in [0, 0.05) is 46.1 Å². The van der Waals surface area contributed by atoms with E-state index < -0.39 is 0 Å². The van der Waals surface area contributed by atoms with Crippen molar-refractivity contribution in [1.29, 1.82) is 0 Å². The van der Waals surface area contributed by atoms with Crippen LogP contribution in [0.1, 0.15) is 29.8 Å². The Kier molecular flexibility index (Phi) is 10.0. The molecule has 26 heavy (non-hydrogen) atoms. The molecular weight excluding hydrogens is 437 g/mol. The molecule has 0 aliphatic rings. The summed E-state index contributed by atoms with van der Waals surface area (Å²) < 4.78 is 2.15. The van der Waals surface area contributed by atoms with Gasteiger partial charge in [-0.05, 0) is 30.9 Å². The van der Waals surface area contributed by atoms with Gasteiger partial charge in [0.15, 0.2) is 5.96 Å². The van der Waals surface area contributed by atoms with Crippen molar-refractivity contribution in [2.45, 2.75) is 32.9 Å². The number of guanidine groups is 1. The average Bonchev–Trinajstić information content (AvgIpc) is 3.01. The monoisotopic (exact) mass is 467 g/mol.